The van der Waals surface area contributed by atoms with Crippen molar-refractivity contribution >= 4 is 23.4 Å². The van der Waals surface area contributed by atoms with Gasteiger partial charge in [0, 0.05) is 31.2 Å². The molecule has 2 bridgehead atoms. The molecule has 1 aromatic heterocycles. The van der Waals surface area contributed by atoms with E-state index in [2.05, 4.69) is 76.3 Å². The average Bonchev–Trinajstić information content (AvgIpc) is 3.42. The van der Waals surface area contributed by atoms with Crippen molar-refractivity contribution in [2.45, 2.75) is 94.8 Å². The quantitative estimate of drug-likeness (QED) is 0.408. The van der Waals surface area contributed by atoms with Crippen LogP contribution in [0.1, 0.15) is 76.2 Å². The third kappa shape index (κ3) is 4.83. The van der Waals surface area contributed by atoms with Crippen molar-refractivity contribution in [3.8, 4) is 0 Å². The summed E-state index contributed by atoms with van der Waals surface area (Å²) in [6.45, 7) is 8.28. The first-order chi connectivity index (χ1) is 19.3. The van der Waals surface area contributed by atoms with Gasteiger partial charge in [-0.15, -0.1) is 0 Å². The van der Waals surface area contributed by atoms with Crippen LogP contribution in [0.15, 0.2) is 54.6 Å². The molecular formula is C33H43N5O2. The van der Waals surface area contributed by atoms with Gasteiger partial charge in [0.2, 0.25) is 12.3 Å². The number of aromatic nitrogens is 2. The van der Waals surface area contributed by atoms with Gasteiger partial charge in [0.05, 0.1) is 11.0 Å². The first-order valence-corrected chi connectivity index (χ1v) is 15.1. The van der Waals surface area contributed by atoms with Gasteiger partial charge in [-0.2, -0.15) is 0 Å². The van der Waals surface area contributed by atoms with E-state index < -0.39 is 5.54 Å². The number of carbonyl (C=O) groups is 2. The number of piperidine rings is 2. The zero-order valence-corrected chi connectivity index (χ0v) is 24.2. The van der Waals surface area contributed by atoms with Gasteiger partial charge < -0.3 is 14.8 Å². The van der Waals surface area contributed by atoms with Crippen molar-refractivity contribution < 1.29 is 9.59 Å². The van der Waals surface area contributed by atoms with E-state index in [9.17, 15) is 9.59 Å². The zero-order valence-electron chi connectivity index (χ0n) is 24.2. The molecule has 3 aliphatic rings. The van der Waals surface area contributed by atoms with Crippen molar-refractivity contribution in [3.05, 3.63) is 66.0 Å². The molecule has 2 atom stereocenters. The van der Waals surface area contributed by atoms with Crippen LogP contribution in [0.4, 0.5) is 0 Å². The molecule has 3 aromatic rings. The van der Waals surface area contributed by atoms with Crippen LogP contribution in [0.2, 0.25) is 0 Å². The van der Waals surface area contributed by atoms with Crippen molar-refractivity contribution in [1.29, 1.82) is 0 Å². The Bertz CT molecular complexity index is 1340. The number of rotatable bonds is 8. The lowest BCUT2D eigenvalue weighted by atomic mass is 9.70. The number of nitrogens with zero attached hydrogens (tertiary/aromatic N) is 4. The fraction of sp³-hybridized carbons (Fsp3) is 0.545. The van der Waals surface area contributed by atoms with Crippen LogP contribution in [0, 0.1) is 6.92 Å². The maximum absolute atomic E-state index is 13.2. The third-order valence-corrected chi connectivity index (χ3v) is 10.2. The minimum absolute atomic E-state index is 0.00342. The predicted molar refractivity (Wildman–Crippen MR) is 158 cm³/mol. The summed E-state index contributed by atoms with van der Waals surface area (Å²) < 4.78 is 2.51. The predicted octanol–water partition coefficient (Wildman–Crippen LogP) is 4.99. The number of hydrogen-bond donors (Lipinski definition) is 1. The molecule has 2 amide bonds. The van der Waals surface area contributed by atoms with Gasteiger partial charge in [0.15, 0.2) is 0 Å². The number of para-hydroxylation sites is 2. The van der Waals surface area contributed by atoms with Crippen molar-refractivity contribution in [2.24, 2.45) is 0 Å². The molecule has 0 spiro atoms. The second-order valence-electron chi connectivity index (χ2n) is 12.8. The summed E-state index contributed by atoms with van der Waals surface area (Å²) in [5, 5.41) is 2.70. The van der Waals surface area contributed by atoms with Crippen LogP contribution >= 0.6 is 0 Å². The van der Waals surface area contributed by atoms with E-state index in [0.29, 0.717) is 24.5 Å². The summed E-state index contributed by atoms with van der Waals surface area (Å²) in [4.78, 5) is 33.9. The van der Waals surface area contributed by atoms with Crippen molar-refractivity contribution in [2.75, 3.05) is 19.6 Å². The molecular weight excluding hydrogens is 498 g/mol. The minimum Gasteiger partial charge on any atom is -0.345 e. The topological polar surface area (TPSA) is 70.5 Å². The average molecular weight is 542 g/mol. The Balaban J connectivity index is 1.16. The van der Waals surface area contributed by atoms with E-state index in [4.69, 9.17) is 4.98 Å². The van der Waals surface area contributed by atoms with Crippen LogP contribution in [0.5, 0.6) is 0 Å². The molecule has 7 heteroatoms. The molecule has 40 heavy (non-hydrogen) atoms. The molecule has 0 aliphatic carbocycles. The van der Waals surface area contributed by atoms with Gasteiger partial charge in [-0.1, -0.05) is 42.5 Å². The molecule has 3 saturated heterocycles. The fourth-order valence-corrected chi connectivity index (χ4v) is 8.01. The summed E-state index contributed by atoms with van der Waals surface area (Å²) in [5.74, 6) is 1.14. The third-order valence-electron chi connectivity index (χ3n) is 10.2. The maximum atomic E-state index is 13.2. The Morgan fingerprint density at radius 3 is 2.33 bits per heavy atom. The summed E-state index contributed by atoms with van der Waals surface area (Å²) >= 11 is 0. The number of carbonyl (C=O) groups excluding carboxylic acids is 2. The number of aryl methyl sites for hydroxylation is 1. The number of hydrogen-bond acceptors (Lipinski definition) is 4. The number of imidazole rings is 1. The second kappa shape index (κ2) is 10.7. The highest BCUT2D eigenvalue weighted by atomic mass is 16.2. The van der Waals surface area contributed by atoms with E-state index in [1.807, 2.05) is 4.90 Å². The molecule has 7 nitrogen and oxygen atoms in total. The summed E-state index contributed by atoms with van der Waals surface area (Å²) in [6, 6.07) is 21.3. The molecule has 3 aliphatic heterocycles. The van der Waals surface area contributed by atoms with Gasteiger partial charge >= 0.3 is 0 Å². The zero-order chi connectivity index (χ0) is 27.9. The van der Waals surface area contributed by atoms with E-state index in [0.717, 1.165) is 50.2 Å². The van der Waals surface area contributed by atoms with E-state index in [1.54, 1.807) is 13.8 Å². The van der Waals surface area contributed by atoms with Crippen LogP contribution in [-0.2, 0) is 15.0 Å². The highest BCUT2D eigenvalue weighted by molar-refractivity contribution is 5.87. The minimum atomic E-state index is -0.878. The Morgan fingerprint density at radius 1 is 1.00 bits per heavy atom. The van der Waals surface area contributed by atoms with Crippen molar-refractivity contribution in [3.63, 3.8) is 0 Å². The smallest absolute Gasteiger partial charge is 0.247 e. The number of benzene rings is 2. The normalized spacial score (nSPS) is 24.8. The van der Waals surface area contributed by atoms with E-state index in [1.165, 1.54) is 36.8 Å². The van der Waals surface area contributed by atoms with E-state index in [-0.39, 0.29) is 11.3 Å². The Hall–Kier alpha value is -3.19. The van der Waals surface area contributed by atoms with Crippen LogP contribution in [0.25, 0.3) is 11.0 Å². The summed E-state index contributed by atoms with van der Waals surface area (Å²) in [6.07, 6.45) is 8.59. The van der Waals surface area contributed by atoms with Gasteiger partial charge in [-0.25, -0.2) is 4.98 Å². The lowest BCUT2D eigenvalue weighted by Crippen LogP contribution is -2.57. The largest absolute Gasteiger partial charge is 0.345 e. The molecule has 2 aromatic carbocycles. The molecule has 0 saturated carbocycles. The molecule has 4 heterocycles. The standard InChI is InChI=1S/C33H43N5O2/c1-24-35-29-11-7-8-12-30(29)38(24)28-21-26-13-14-27(22-28)37(26)20-17-33(25-9-5-4-6-10-25)15-18-36(19-16-33)31(40)32(2,3)34-23-39/h4-12,23,26-28H,13-22H2,1-3H3,(H,34,39). The Morgan fingerprint density at radius 2 is 1.65 bits per heavy atom. The van der Waals surface area contributed by atoms with E-state index >= 15 is 0 Å². The fourth-order valence-electron chi connectivity index (χ4n) is 8.01. The molecule has 3 fully saturated rings. The number of likely N-dealkylation sites (tertiary alicyclic amines) is 1. The van der Waals surface area contributed by atoms with Gasteiger partial charge in [-0.05, 0) is 95.4 Å². The Kier molecular flexibility index (Phi) is 7.19. The van der Waals surface area contributed by atoms with Crippen LogP contribution < -0.4 is 5.32 Å². The molecule has 0 radical (unpaired) electrons. The monoisotopic (exact) mass is 541 g/mol. The maximum Gasteiger partial charge on any atom is 0.247 e. The second-order valence-corrected chi connectivity index (χ2v) is 12.8. The molecule has 6 rings (SSSR count). The number of amides is 2. The summed E-state index contributed by atoms with van der Waals surface area (Å²) in [7, 11) is 0. The first kappa shape index (κ1) is 27.0. The lowest BCUT2D eigenvalue weighted by molar-refractivity contribution is -0.140. The first-order valence-electron chi connectivity index (χ1n) is 15.1. The molecule has 1 N–H and O–H groups in total. The van der Waals surface area contributed by atoms with Gasteiger partial charge in [0.1, 0.15) is 11.4 Å². The summed E-state index contributed by atoms with van der Waals surface area (Å²) in [5.41, 5.74) is 2.96. The highest BCUT2D eigenvalue weighted by Crippen LogP contribution is 2.45. The van der Waals surface area contributed by atoms with Crippen LogP contribution in [-0.4, -0.2) is 68.9 Å². The number of fused-ring (bicyclic) bond motifs is 3. The highest BCUT2D eigenvalue weighted by Gasteiger charge is 2.45. The lowest BCUT2D eigenvalue weighted by Gasteiger charge is -2.46. The Labute approximate surface area is 237 Å². The van der Waals surface area contributed by atoms with Crippen LogP contribution in [0.3, 0.4) is 0 Å². The SMILES string of the molecule is Cc1nc2ccccc2n1C1CC2CCC(C1)N2CCC1(c2ccccc2)CCN(C(=O)C(C)(C)NC=O)CC1. The number of nitrogens with one attached hydrogen (secondary N) is 1. The van der Waals surface area contributed by atoms with Crippen molar-refractivity contribution in [1.82, 2.24) is 24.7 Å². The molecule has 212 valence electrons. The van der Waals surface area contributed by atoms with Gasteiger partial charge in [0.25, 0.3) is 0 Å². The molecule has 2 unspecified atom stereocenters. The van der Waals surface area contributed by atoms with Gasteiger partial charge in [-0.3, -0.25) is 14.5 Å².